The predicted molar refractivity (Wildman–Crippen MR) is 116 cm³/mol. The molecule has 0 aliphatic carbocycles. The minimum Gasteiger partial charge on any atom is -0.316 e. The van der Waals surface area contributed by atoms with Crippen molar-refractivity contribution < 1.29 is 4.79 Å². The number of anilines is 1. The summed E-state index contributed by atoms with van der Waals surface area (Å²) in [6.07, 6.45) is 5.05. The number of amides is 1. The van der Waals surface area contributed by atoms with Crippen LogP contribution in [0.5, 0.6) is 0 Å². The molecule has 5 rings (SSSR count). The zero-order valence-corrected chi connectivity index (χ0v) is 16.3. The lowest BCUT2D eigenvalue weighted by Crippen LogP contribution is -2.16. The number of para-hydroxylation sites is 1. The van der Waals surface area contributed by atoms with Gasteiger partial charge in [-0.05, 0) is 30.3 Å². The monoisotopic (exact) mass is 407 g/mol. The molecule has 0 unspecified atom stereocenters. The normalized spacial score (nSPS) is 10.7. The van der Waals surface area contributed by atoms with E-state index in [0.29, 0.717) is 17.3 Å². The number of aromatic nitrogens is 6. The molecule has 1 amide bonds. The van der Waals surface area contributed by atoms with Gasteiger partial charge >= 0.3 is 0 Å². The molecule has 2 aromatic carbocycles. The summed E-state index contributed by atoms with van der Waals surface area (Å²) < 4.78 is 3.25. The fraction of sp³-hybridized carbons (Fsp3) is 0. The van der Waals surface area contributed by atoms with E-state index in [2.05, 4.69) is 25.5 Å². The molecule has 0 aliphatic heterocycles. The molecule has 3 heterocycles. The summed E-state index contributed by atoms with van der Waals surface area (Å²) in [5, 5.41) is 11.5. The second-order valence-corrected chi connectivity index (χ2v) is 6.65. The van der Waals surface area contributed by atoms with Crippen LogP contribution in [0.2, 0.25) is 0 Å². The van der Waals surface area contributed by atoms with Crippen LogP contribution in [-0.4, -0.2) is 35.4 Å². The van der Waals surface area contributed by atoms with Crippen molar-refractivity contribution in [3.63, 3.8) is 0 Å². The van der Waals surface area contributed by atoms with E-state index in [0.717, 1.165) is 11.3 Å². The molecule has 0 aliphatic rings. The highest BCUT2D eigenvalue weighted by Gasteiger charge is 2.20. The topological polar surface area (TPSA) is 90.5 Å². The van der Waals surface area contributed by atoms with E-state index >= 15 is 0 Å². The molecule has 3 aromatic heterocycles. The number of carbonyl (C=O) groups is 1. The van der Waals surface area contributed by atoms with Crippen molar-refractivity contribution in [2.75, 3.05) is 5.32 Å². The van der Waals surface area contributed by atoms with Crippen molar-refractivity contribution in [2.24, 2.45) is 0 Å². The standard InChI is InChI=1S/C23H17N7O/c31-23(26-19-13-7-14-24-22(19)29-16-8-15-25-29)20-27-21(17-9-3-1-4-10-17)30(28-20)18-11-5-2-6-12-18/h1-16H,(H,26,31). The molecular weight excluding hydrogens is 390 g/mol. The first kappa shape index (κ1) is 18.4. The number of pyridine rings is 1. The van der Waals surface area contributed by atoms with Gasteiger partial charge in [0.1, 0.15) is 0 Å². The van der Waals surface area contributed by atoms with Gasteiger partial charge in [0.15, 0.2) is 11.6 Å². The Bertz CT molecular complexity index is 1260. The summed E-state index contributed by atoms with van der Waals surface area (Å²) in [4.78, 5) is 21.9. The smallest absolute Gasteiger partial charge is 0.295 e. The van der Waals surface area contributed by atoms with Gasteiger partial charge in [-0.25, -0.2) is 19.3 Å². The van der Waals surface area contributed by atoms with Gasteiger partial charge in [0, 0.05) is 24.2 Å². The molecule has 0 bridgehead atoms. The minimum absolute atomic E-state index is 0.0537. The summed E-state index contributed by atoms with van der Waals surface area (Å²) in [6.45, 7) is 0. The Kier molecular flexibility index (Phi) is 4.78. The second-order valence-electron chi connectivity index (χ2n) is 6.65. The fourth-order valence-corrected chi connectivity index (χ4v) is 3.18. The number of nitrogens with zero attached hydrogens (tertiary/aromatic N) is 6. The van der Waals surface area contributed by atoms with E-state index in [9.17, 15) is 4.79 Å². The average Bonchev–Trinajstić information content (AvgIpc) is 3.51. The number of benzene rings is 2. The first-order chi connectivity index (χ1) is 15.3. The van der Waals surface area contributed by atoms with Crippen LogP contribution in [0.4, 0.5) is 5.69 Å². The van der Waals surface area contributed by atoms with Gasteiger partial charge < -0.3 is 5.32 Å². The average molecular weight is 407 g/mol. The molecule has 0 saturated carbocycles. The third-order valence-corrected chi connectivity index (χ3v) is 4.60. The van der Waals surface area contributed by atoms with Gasteiger partial charge in [-0.3, -0.25) is 4.79 Å². The van der Waals surface area contributed by atoms with Crippen LogP contribution in [0.15, 0.2) is 97.5 Å². The maximum Gasteiger partial charge on any atom is 0.295 e. The fourth-order valence-electron chi connectivity index (χ4n) is 3.18. The van der Waals surface area contributed by atoms with Crippen LogP contribution in [0.1, 0.15) is 10.6 Å². The van der Waals surface area contributed by atoms with Crippen molar-refractivity contribution in [3.05, 3.63) is 103 Å². The molecule has 8 nitrogen and oxygen atoms in total. The van der Waals surface area contributed by atoms with Crippen molar-refractivity contribution in [2.45, 2.75) is 0 Å². The number of nitrogens with one attached hydrogen (secondary N) is 1. The van der Waals surface area contributed by atoms with Crippen LogP contribution >= 0.6 is 0 Å². The first-order valence-electron chi connectivity index (χ1n) is 9.64. The van der Waals surface area contributed by atoms with Gasteiger partial charge in [0.2, 0.25) is 5.82 Å². The van der Waals surface area contributed by atoms with E-state index in [1.807, 2.05) is 60.7 Å². The molecule has 0 saturated heterocycles. The number of hydrogen-bond acceptors (Lipinski definition) is 5. The van der Waals surface area contributed by atoms with E-state index < -0.39 is 5.91 Å². The summed E-state index contributed by atoms with van der Waals surface area (Å²) in [5.41, 5.74) is 2.18. The third-order valence-electron chi connectivity index (χ3n) is 4.60. The first-order valence-corrected chi connectivity index (χ1v) is 9.64. The highest BCUT2D eigenvalue weighted by Crippen LogP contribution is 2.22. The maximum atomic E-state index is 13.1. The summed E-state index contributed by atoms with van der Waals surface area (Å²) in [7, 11) is 0. The van der Waals surface area contributed by atoms with Gasteiger partial charge in [0.05, 0.1) is 11.4 Å². The van der Waals surface area contributed by atoms with Crippen molar-refractivity contribution in [3.8, 4) is 22.9 Å². The Hall–Kier alpha value is -4.59. The van der Waals surface area contributed by atoms with Gasteiger partial charge in [0.25, 0.3) is 5.91 Å². The SMILES string of the molecule is O=C(Nc1cccnc1-n1cccn1)c1nc(-c2ccccc2)n(-c2ccccc2)n1. The molecule has 0 radical (unpaired) electrons. The zero-order valence-electron chi connectivity index (χ0n) is 16.3. The molecular formula is C23H17N7O. The molecule has 31 heavy (non-hydrogen) atoms. The molecule has 0 spiro atoms. The Labute approximate surface area is 177 Å². The van der Waals surface area contributed by atoms with E-state index in [-0.39, 0.29) is 5.82 Å². The zero-order chi connectivity index (χ0) is 21.0. The lowest BCUT2D eigenvalue weighted by molar-refractivity contribution is 0.101. The Morgan fingerprint density at radius 2 is 1.61 bits per heavy atom. The Morgan fingerprint density at radius 1 is 0.839 bits per heavy atom. The van der Waals surface area contributed by atoms with E-state index in [1.165, 1.54) is 0 Å². The summed E-state index contributed by atoms with van der Waals surface area (Å²) in [6, 6.07) is 24.5. The highest BCUT2D eigenvalue weighted by atomic mass is 16.2. The van der Waals surface area contributed by atoms with Crippen molar-refractivity contribution in [1.82, 2.24) is 29.5 Å². The van der Waals surface area contributed by atoms with Crippen molar-refractivity contribution in [1.29, 1.82) is 0 Å². The van der Waals surface area contributed by atoms with Crippen LogP contribution in [-0.2, 0) is 0 Å². The molecule has 1 N–H and O–H groups in total. The Balaban J connectivity index is 1.53. The molecule has 150 valence electrons. The van der Waals surface area contributed by atoms with Crippen LogP contribution in [0.25, 0.3) is 22.9 Å². The number of carbonyl (C=O) groups excluding carboxylic acids is 1. The highest BCUT2D eigenvalue weighted by molar-refractivity contribution is 6.02. The molecule has 0 fully saturated rings. The van der Waals surface area contributed by atoms with Gasteiger partial charge in [-0.2, -0.15) is 5.10 Å². The maximum absolute atomic E-state index is 13.1. The number of rotatable bonds is 5. The van der Waals surface area contributed by atoms with E-state index in [4.69, 9.17) is 0 Å². The Morgan fingerprint density at radius 3 is 2.35 bits per heavy atom. The molecule has 0 atom stereocenters. The van der Waals surface area contributed by atoms with Crippen LogP contribution < -0.4 is 5.32 Å². The van der Waals surface area contributed by atoms with Gasteiger partial charge in [-0.1, -0.05) is 48.5 Å². The third kappa shape index (κ3) is 3.69. The molecule has 8 heteroatoms. The van der Waals surface area contributed by atoms with Crippen molar-refractivity contribution >= 4 is 11.6 Å². The lowest BCUT2D eigenvalue weighted by Gasteiger charge is -2.08. The molecule has 5 aromatic rings. The lowest BCUT2D eigenvalue weighted by atomic mass is 10.2. The summed E-state index contributed by atoms with van der Waals surface area (Å²) in [5.74, 6) is 0.702. The van der Waals surface area contributed by atoms with Crippen LogP contribution in [0.3, 0.4) is 0 Å². The van der Waals surface area contributed by atoms with Gasteiger partial charge in [-0.15, -0.1) is 5.10 Å². The predicted octanol–water partition coefficient (Wildman–Crippen LogP) is 3.77. The second kappa shape index (κ2) is 8.03. The van der Waals surface area contributed by atoms with E-state index in [1.54, 1.807) is 46.2 Å². The quantitative estimate of drug-likeness (QED) is 0.479. The number of hydrogen-bond donors (Lipinski definition) is 1. The summed E-state index contributed by atoms with van der Waals surface area (Å²) >= 11 is 0. The van der Waals surface area contributed by atoms with Crippen LogP contribution in [0, 0.1) is 0 Å². The minimum atomic E-state index is -0.437. The largest absolute Gasteiger partial charge is 0.316 e.